The van der Waals surface area contributed by atoms with Crippen molar-refractivity contribution < 1.29 is 9.53 Å². The molecule has 5 nitrogen and oxygen atoms in total. The van der Waals surface area contributed by atoms with Gasteiger partial charge in [0.1, 0.15) is 18.1 Å². The molecule has 1 heterocycles. The molecule has 128 valence electrons. The van der Waals surface area contributed by atoms with E-state index in [1.165, 1.54) is 11.7 Å². The first-order chi connectivity index (χ1) is 12.2. The maximum absolute atomic E-state index is 12.4. The Bertz CT molecular complexity index is 859. The van der Waals surface area contributed by atoms with Crippen molar-refractivity contribution in [2.24, 2.45) is 0 Å². The highest BCUT2D eigenvalue weighted by atomic mass is 32.1. The van der Waals surface area contributed by atoms with Crippen LogP contribution in [0.3, 0.4) is 0 Å². The van der Waals surface area contributed by atoms with E-state index in [9.17, 15) is 4.79 Å². The van der Waals surface area contributed by atoms with E-state index in [1.807, 2.05) is 31.2 Å². The number of aromatic nitrogens is 2. The topological polar surface area (TPSA) is 64.1 Å². The third-order valence-corrected chi connectivity index (χ3v) is 4.54. The molecule has 0 aliphatic heterocycles. The lowest BCUT2D eigenvalue weighted by Crippen LogP contribution is -2.13. The van der Waals surface area contributed by atoms with Crippen molar-refractivity contribution in [1.82, 2.24) is 8.75 Å². The number of nitrogens with zero attached hydrogens (tertiary/aromatic N) is 2. The van der Waals surface area contributed by atoms with E-state index in [0.29, 0.717) is 17.9 Å². The highest BCUT2D eigenvalue weighted by molar-refractivity contribution is 6.99. The Kier molecular flexibility index (Phi) is 5.40. The average Bonchev–Trinajstić information content (AvgIpc) is 3.06. The normalized spacial score (nSPS) is 10.5. The predicted octanol–water partition coefficient (Wildman–Crippen LogP) is 4.24. The first-order valence-electron chi connectivity index (χ1n) is 8.07. The fourth-order valence-corrected chi connectivity index (χ4v) is 2.93. The summed E-state index contributed by atoms with van der Waals surface area (Å²) in [6.07, 6.45) is 0.869. The van der Waals surface area contributed by atoms with Crippen molar-refractivity contribution >= 4 is 23.3 Å². The van der Waals surface area contributed by atoms with Gasteiger partial charge in [0.15, 0.2) is 0 Å². The second kappa shape index (κ2) is 7.90. The molecule has 2 aromatic carbocycles. The van der Waals surface area contributed by atoms with Crippen molar-refractivity contribution in [3.05, 3.63) is 71.0 Å². The molecule has 0 aliphatic carbocycles. The van der Waals surface area contributed by atoms with Crippen LogP contribution in [-0.4, -0.2) is 14.7 Å². The smallest absolute Gasteiger partial charge is 0.255 e. The summed E-state index contributed by atoms with van der Waals surface area (Å²) in [7, 11) is 0. The molecule has 0 saturated carbocycles. The van der Waals surface area contributed by atoms with E-state index in [4.69, 9.17) is 4.74 Å². The largest absolute Gasteiger partial charge is 0.487 e. The maximum atomic E-state index is 12.4. The lowest BCUT2D eigenvalue weighted by Gasteiger charge is -2.10. The molecular weight excluding hydrogens is 334 g/mol. The Balaban J connectivity index is 1.63. The number of amides is 1. The van der Waals surface area contributed by atoms with Crippen molar-refractivity contribution in [2.45, 2.75) is 26.9 Å². The molecule has 0 saturated heterocycles. The molecule has 3 rings (SSSR count). The van der Waals surface area contributed by atoms with Crippen LogP contribution in [0, 0.1) is 6.92 Å². The van der Waals surface area contributed by atoms with Crippen LogP contribution in [0.4, 0.5) is 5.69 Å². The van der Waals surface area contributed by atoms with Gasteiger partial charge < -0.3 is 10.1 Å². The lowest BCUT2D eigenvalue weighted by atomic mass is 10.1. The van der Waals surface area contributed by atoms with Gasteiger partial charge in [-0.1, -0.05) is 25.1 Å². The number of aryl methyl sites for hydroxylation is 2. The van der Waals surface area contributed by atoms with Crippen molar-refractivity contribution in [2.75, 3.05) is 5.32 Å². The first kappa shape index (κ1) is 17.1. The van der Waals surface area contributed by atoms with Crippen LogP contribution in [0.2, 0.25) is 0 Å². The molecule has 25 heavy (non-hydrogen) atoms. The van der Waals surface area contributed by atoms with Gasteiger partial charge in [-0.05, 0) is 49.2 Å². The van der Waals surface area contributed by atoms with Gasteiger partial charge in [0.05, 0.1) is 17.4 Å². The number of rotatable bonds is 6. The van der Waals surface area contributed by atoms with E-state index < -0.39 is 0 Å². The Morgan fingerprint density at radius 2 is 1.88 bits per heavy atom. The van der Waals surface area contributed by atoms with E-state index in [1.54, 1.807) is 24.3 Å². The van der Waals surface area contributed by atoms with E-state index in [2.05, 4.69) is 21.0 Å². The van der Waals surface area contributed by atoms with Crippen LogP contribution in [-0.2, 0) is 13.0 Å². The summed E-state index contributed by atoms with van der Waals surface area (Å²) in [5, 5.41) is 2.96. The number of nitrogens with one attached hydrogen (secondary N) is 1. The van der Waals surface area contributed by atoms with Gasteiger partial charge in [-0.3, -0.25) is 4.79 Å². The van der Waals surface area contributed by atoms with E-state index in [0.717, 1.165) is 29.1 Å². The van der Waals surface area contributed by atoms with E-state index >= 15 is 0 Å². The number of carbonyl (C=O) groups excluding carboxylic acids is 1. The summed E-state index contributed by atoms with van der Waals surface area (Å²) in [6, 6.07) is 14.9. The Morgan fingerprint density at radius 3 is 2.56 bits per heavy atom. The maximum Gasteiger partial charge on any atom is 0.255 e. The Labute approximate surface area is 151 Å². The second-order valence-electron chi connectivity index (χ2n) is 5.57. The van der Waals surface area contributed by atoms with Crippen LogP contribution in [0.5, 0.6) is 5.75 Å². The molecule has 0 aliphatic rings. The minimum absolute atomic E-state index is 0.132. The monoisotopic (exact) mass is 353 g/mol. The van der Waals surface area contributed by atoms with Crippen molar-refractivity contribution in [3.63, 3.8) is 0 Å². The van der Waals surface area contributed by atoms with Gasteiger partial charge in [-0.15, -0.1) is 0 Å². The summed E-state index contributed by atoms with van der Waals surface area (Å²) in [5.41, 5.74) is 4.27. The molecule has 1 N–H and O–H groups in total. The summed E-state index contributed by atoms with van der Waals surface area (Å²) < 4.78 is 14.0. The number of hydrogen-bond acceptors (Lipinski definition) is 5. The van der Waals surface area contributed by atoms with Crippen LogP contribution in [0.15, 0.2) is 48.5 Å². The molecule has 0 unspecified atom stereocenters. The third kappa shape index (κ3) is 4.22. The summed E-state index contributed by atoms with van der Waals surface area (Å²) >= 11 is 1.18. The van der Waals surface area contributed by atoms with Gasteiger partial charge in [-0.25, -0.2) is 0 Å². The molecule has 1 aromatic heterocycles. The minimum atomic E-state index is -0.132. The molecule has 0 fully saturated rings. The summed E-state index contributed by atoms with van der Waals surface area (Å²) in [5.74, 6) is 0.560. The van der Waals surface area contributed by atoms with Crippen molar-refractivity contribution in [1.29, 1.82) is 0 Å². The SMILES string of the molecule is CCc1ccccc1NC(=O)c1ccc(OCc2nsnc2C)cc1. The standard InChI is InChI=1S/C19H19N3O2S/c1-3-14-6-4-5-7-17(14)20-19(23)15-8-10-16(11-9-15)24-12-18-13(2)21-25-22-18/h4-11H,3,12H2,1-2H3,(H,20,23). The molecule has 0 radical (unpaired) electrons. The van der Waals surface area contributed by atoms with Gasteiger partial charge >= 0.3 is 0 Å². The fraction of sp³-hybridized carbons (Fsp3) is 0.211. The van der Waals surface area contributed by atoms with Crippen molar-refractivity contribution in [3.8, 4) is 5.75 Å². The predicted molar refractivity (Wildman–Crippen MR) is 99.2 cm³/mol. The van der Waals surface area contributed by atoms with Crippen LogP contribution in [0.1, 0.15) is 34.2 Å². The molecule has 0 bridgehead atoms. The number of benzene rings is 2. The highest BCUT2D eigenvalue weighted by Gasteiger charge is 2.09. The summed E-state index contributed by atoms with van der Waals surface area (Å²) in [4.78, 5) is 12.4. The van der Waals surface area contributed by atoms with Crippen LogP contribution < -0.4 is 10.1 Å². The number of hydrogen-bond donors (Lipinski definition) is 1. The molecular formula is C19H19N3O2S. The number of carbonyl (C=O) groups is 1. The minimum Gasteiger partial charge on any atom is -0.487 e. The Morgan fingerprint density at radius 1 is 1.12 bits per heavy atom. The lowest BCUT2D eigenvalue weighted by molar-refractivity contribution is 0.102. The number of para-hydroxylation sites is 1. The van der Waals surface area contributed by atoms with Gasteiger partial charge in [-0.2, -0.15) is 8.75 Å². The number of ether oxygens (including phenoxy) is 1. The number of anilines is 1. The van der Waals surface area contributed by atoms with E-state index in [-0.39, 0.29) is 5.91 Å². The zero-order chi connectivity index (χ0) is 17.6. The quantitative estimate of drug-likeness (QED) is 0.720. The Hall–Kier alpha value is -2.73. The highest BCUT2D eigenvalue weighted by Crippen LogP contribution is 2.19. The average molecular weight is 353 g/mol. The molecule has 0 spiro atoms. The second-order valence-corrected chi connectivity index (χ2v) is 6.10. The fourth-order valence-electron chi connectivity index (χ4n) is 2.38. The van der Waals surface area contributed by atoms with Crippen LogP contribution in [0.25, 0.3) is 0 Å². The first-order valence-corrected chi connectivity index (χ1v) is 8.80. The van der Waals surface area contributed by atoms with Gasteiger partial charge in [0, 0.05) is 11.3 Å². The van der Waals surface area contributed by atoms with Crippen LogP contribution >= 0.6 is 11.7 Å². The molecule has 3 aromatic rings. The van der Waals surface area contributed by atoms with Gasteiger partial charge in [0.25, 0.3) is 5.91 Å². The molecule has 0 atom stereocenters. The third-order valence-electron chi connectivity index (χ3n) is 3.88. The summed E-state index contributed by atoms with van der Waals surface area (Å²) in [6.45, 7) is 4.35. The molecule has 6 heteroatoms. The zero-order valence-corrected chi connectivity index (χ0v) is 15.0. The van der Waals surface area contributed by atoms with Gasteiger partial charge in [0.2, 0.25) is 0 Å². The molecule has 1 amide bonds. The zero-order valence-electron chi connectivity index (χ0n) is 14.2.